The van der Waals surface area contributed by atoms with E-state index in [1.54, 1.807) is 56.9 Å². The molecule has 0 aromatic heterocycles. The molecule has 0 atom stereocenters. The summed E-state index contributed by atoms with van der Waals surface area (Å²) in [4.78, 5) is 0. The Morgan fingerprint density at radius 2 is 0.436 bits per heavy atom. The van der Waals surface area contributed by atoms with Crippen molar-refractivity contribution in [1.29, 1.82) is 0 Å². The fraction of sp³-hybridized carbons (Fsp3) is 0.471. The number of ether oxygens (including phenoxy) is 8. The molecule has 0 heterocycles. The van der Waals surface area contributed by atoms with Gasteiger partial charge in [0.2, 0.25) is 0 Å². The Labute approximate surface area is 472 Å². The van der Waals surface area contributed by atoms with E-state index < -0.39 is 15.8 Å². The number of benzene rings is 6. The van der Waals surface area contributed by atoms with Gasteiger partial charge in [0.05, 0.1) is 56.9 Å². The molecule has 78 heavy (non-hydrogen) atoms. The predicted molar refractivity (Wildman–Crippen MR) is 334 cm³/mol. The largest absolute Gasteiger partial charge is 0.497 e. The highest BCUT2D eigenvalue weighted by Gasteiger charge is 2.36. The Hall–Kier alpha value is -5.42. The molecule has 0 unspecified atom stereocenters. The highest BCUT2D eigenvalue weighted by Crippen LogP contribution is 2.53. The lowest BCUT2D eigenvalue weighted by atomic mass is 9.94. The molecule has 0 fully saturated rings. The third-order valence-corrected chi connectivity index (χ3v) is 19.9. The first-order valence-electron chi connectivity index (χ1n) is 28.0. The van der Waals surface area contributed by atoms with Gasteiger partial charge in [-0.15, -0.1) is 0 Å². The SMILES string of the molecule is COc1cc(OC)c(-c2c(OC)cc(OC)cc2P(c2cc(C(C)C)c(OC)c(C(C)C)c2)c2cc(C(C)C)c(OC)c(C(C)C)c2)c(P(c2cc(C(C)C)c(OC)c(C(C)C)c2)c2cc(C(C)C)c(OC)c(C(C)C)c2)c1. The summed E-state index contributed by atoms with van der Waals surface area (Å²) in [5, 5.41) is 6.89. The second-order valence-corrected chi connectivity index (χ2v) is 27.4. The van der Waals surface area contributed by atoms with E-state index in [0.717, 1.165) is 44.7 Å². The summed E-state index contributed by atoms with van der Waals surface area (Å²) in [5.74, 6) is 7.85. The summed E-state index contributed by atoms with van der Waals surface area (Å²) < 4.78 is 51.6. The monoisotopic (exact) mass is 1100 g/mol. The maximum atomic E-state index is 6.77. The van der Waals surface area contributed by atoms with Crippen molar-refractivity contribution in [2.24, 2.45) is 0 Å². The molecular formula is C68H92O8P2. The highest BCUT2D eigenvalue weighted by atomic mass is 31.1. The lowest BCUT2D eigenvalue weighted by Crippen LogP contribution is -2.29. The number of hydrogen-bond acceptors (Lipinski definition) is 8. The molecule has 10 heteroatoms. The van der Waals surface area contributed by atoms with Crippen molar-refractivity contribution in [3.63, 3.8) is 0 Å². The third kappa shape index (κ3) is 12.3. The van der Waals surface area contributed by atoms with Crippen molar-refractivity contribution < 1.29 is 37.9 Å². The average Bonchev–Trinajstić information content (AvgIpc) is 3.41. The molecule has 0 aliphatic rings. The van der Waals surface area contributed by atoms with Crippen LogP contribution in [0.4, 0.5) is 0 Å². The normalized spacial score (nSPS) is 12.0. The standard InChI is InChI=1S/C68H92O8P2/c1-37(2)51-29-47(30-52(38(3)4)65(51)73-21)77(48-31-53(39(5)6)66(74-22)54(32-48)40(7)8)61-27-45(69-17)25-59(71-19)63(61)64-60(72-20)26-46(70-18)28-62(64)78(49-33-55(41(9)10)67(75-23)56(34-49)42(11)12)50-35-57(43(13)14)68(76-24)58(36-50)44(15)16/h25-44H,1-24H3. The van der Waals surface area contributed by atoms with Gasteiger partial charge in [-0.25, -0.2) is 0 Å². The first kappa shape index (κ1) is 61.8. The lowest BCUT2D eigenvalue weighted by Gasteiger charge is -2.32. The van der Waals surface area contributed by atoms with Crippen molar-refractivity contribution >= 4 is 47.7 Å². The molecule has 0 N–H and O–H groups in total. The van der Waals surface area contributed by atoms with Gasteiger partial charge in [0.25, 0.3) is 0 Å². The zero-order valence-electron chi connectivity index (χ0n) is 51.7. The van der Waals surface area contributed by atoms with Gasteiger partial charge in [0.15, 0.2) is 0 Å². The van der Waals surface area contributed by atoms with Crippen LogP contribution in [0.15, 0.2) is 72.8 Å². The maximum Gasteiger partial charge on any atom is 0.131 e. The molecule has 422 valence electrons. The van der Waals surface area contributed by atoms with Crippen LogP contribution in [0.5, 0.6) is 46.0 Å². The second-order valence-electron chi connectivity index (χ2n) is 23.0. The Morgan fingerprint density at radius 3 is 0.577 bits per heavy atom. The minimum atomic E-state index is -1.45. The van der Waals surface area contributed by atoms with Gasteiger partial charge in [-0.05, 0) is 190 Å². The molecule has 6 aromatic carbocycles. The molecule has 0 saturated carbocycles. The van der Waals surface area contributed by atoms with Crippen molar-refractivity contribution in [1.82, 2.24) is 0 Å². The smallest absolute Gasteiger partial charge is 0.131 e. The molecule has 0 radical (unpaired) electrons. The molecule has 0 amide bonds. The number of methoxy groups -OCH3 is 8. The summed E-state index contributed by atoms with van der Waals surface area (Å²) in [5.41, 5.74) is 11.2. The molecule has 6 rings (SSSR count). The van der Waals surface area contributed by atoms with E-state index in [1.807, 2.05) is 12.1 Å². The van der Waals surface area contributed by atoms with Crippen LogP contribution in [0.3, 0.4) is 0 Å². The molecule has 0 aliphatic heterocycles. The second kappa shape index (κ2) is 26.2. The van der Waals surface area contributed by atoms with Crippen molar-refractivity contribution in [3.05, 3.63) is 117 Å². The van der Waals surface area contributed by atoms with Gasteiger partial charge in [-0.2, -0.15) is 0 Å². The zero-order valence-corrected chi connectivity index (χ0v) is 53.5. The molecule has 0 spiro atoms. The van der Waals surface area contributed by atoms with Crippen LogP contribution in [0, 0.1) is 0 Å². The molecule has 0 aliphatic carbocycles. The molecular weight excluding hydrogens is 1010 g/mol. The van der Waals surface area contributed by atoms with Crippen molar-refractivity contribution in [2.45, 2.75) is 158 Å². The van der Waals surface area contributed by atoms with Crippen LogP contribution >= 0.6 is 15.8 Å². The van der Waals surface area contributed by atoms with Crippen LogP contribution < -0.4 is 69.7 Å². The Bertz CT molecular complexity index is 2590. The van der Waals surface area contributed by atoms with Crippen LogP contribution in [0.2, 0.25) is 0 Å². The number of hydrogen-bond donors (Lipinski definition) is 0. The van der Waals surface area contributed by atoms with Gasteiger partial charge in [0.1, 0.15) is 46.0 Å². The lowest BCUT2D eigenvalue weighted by molar-refractivity contribution is 0.392. The minimum absolute atomic E-state index is 0.172. The van der Waals surface area contributed by atoms with Crippen LogP contribution in [-0.2, 0) is 0 Å². The molecule has 6 aromatic rings. The van der Waals surface area contributed by atoms with Gasteiger partial charge in [-0.1, -0.05) is 111 Å². The van der Waals surface area contributed by atoms with Gasteiger partial charge in [0, 0.05) is 33.9 Å². The van der Waals surface area contributed by atoms with Gasteiger partial charge < -0.3 is 37.9 Å². The summed E-state index contributed by atoms with van der Waals surface area (Å²) in [7, 11) is 11.3. The van der Waals surface area contributed by atoms with Crippen LogP contribution in [-0.4, -0.2) is 56.9 Å². The Kier molecular flexibility index (Phi) is 20.8. The molecule has 8 nitrogen and oxygen atoms in total. The molecule has 0 bridgehead atoms. The summed E-state index contributed by atoms with van der Waals surface area (Å²) in [6.07, 6.45) is 0. The maximum absolute atomic E-state index is 6.77. The topological polar surface area (TPSA) is 73.8 Å². The van der Waals surface area contributed by atoms with E-state index in [4.69, 9.17) is 37.9 Å². The van der Waals surface area contributed by atoms with E-state index in [9.17, 15) is 0 Å². The molecule has 0 saturated heterocycles. The van der Waals surface area contributed by atoms with Crippen molar-refractivity contribution in [2.75, 3.05) is 56.9 Å². The first-order chi connectivity index (χ1) is 37.0. The van der Waals surface area contributed by atoms with Gasteiger partial charge >= 0.3 is 0 Å². The van der Waals surface area contributed by atoms with E-state index in [2.05, 4.69) is 171 Å². The predicted octanol–water partition coefficient (Wildman–Crippen LogP) is 15.9. The van der Waals surface area contributed by atoms with E-state index in [1.165, 1.54) is 65.7 Å². The Balaban J connectivity index is 2.00. The zero-order chi connectivity index (χ0) is 57.8. The average molecular weight is 1100 g/mol. The fourth-order valence-electron chi connectivity index (χ4n) is 10.9. The summed E-state index contributed by atoms with van der Waals surface area (Å²) in [6.45, 7) is 36.1. The highest BCUT2D eigenvalue weighted by molar-refractivity contribution is 7.81. The van der Waals surface area contributed by atoms with E-state index >= 15 is 0 Å². The third-order valence-electron chi connectivity index (χ3n) is 15.1. The minimum Gasteiger partial charge on any atom is -0.497 e. The van der Waals surface area contributed by atoms with Crippen LogP contribution in [0.1, 0.15) is 203 Å². The van der Waals surface area contributed by atoms with E-state index in [0.29, 0.717) is 23.0 Å². The number of rotatable bonds is 23. The quantitative estimate of drug-likeness (QED) is 0.0588. The van der Waals surface area contributed by atoms with Crippen LogP contribution in [0.25, 0.3) is 11.1 Å². The summed E-state index contributed by atoms with van der Waals surface area (Å²) in [6, 6.07) is 27.8. The Morgan fingerprint density at radius 1 is 0.244 bits per heavy atom. The first-order valence-corrected chi connectivity index (χ1v) is 30.6. The van der Waals surface area contributed by atoms with Gasteiger partial charge in [-0.3, -0.25) is 0 Å². The summed E-state index contributed by atoms with van der Waals surface area (Å²) >= 11 is 0. The van der Waals surface area contributed by atoms with E-state index in [-0.39, 0.29) is 47.3 Å². The van der Waals surface area contributed by atoms with Crippen molar-refractivity contribution in [3.8, 4) is 57.1 Å². The fourth-order valence-corrected chi connectivity index (χ4v) is 16.2.